The second-order valence-corrected chi connectivity index (χ2v) is 5.13. The Hall–Kier alpha value is -0.610. The number of nitrogens with zero attached hydrogens (tertiary/aromatic N) is 1. The van der Waals surface area contributed by atoms with Crippen molar-refractivity contribution >= 4 is 5.97 Å². The average molecular weight is 241 g/mol. The SMILES string of the molecule is CCOC(=O)C1CCN([C@H]2CCC[C@@H]2O)CC1. The minimum Gasteiger partial charge on any atom is -0.466 e. The number of hydrogen-bond donors (Lipinski definition) is 1. The molecule has 0 amide bonds. The smallest absolute Gasteiger partial charge is 0.309 e. The number of aliphatic hydroxyl groups is 1. The summed E-state index contributed by atoms with van der Waals surface area (Å²) in [5.74, 6) is 0.0314. The van der Waals surface area contributed by atoms with Crippen LogP contribution in [-0.4, -0.2) is 47.8 Å². The maximum absolute atomic E-state index is 11.6. The molecule has 4 nitrogen and oxygen atoms in total. The van der Waals surface area contributed by atoms with Crippen LogP contribution in [0, 0.1) is 5.92 Å². The van der Waals surface area contributed by atoms with Gasteiger partial charge in [0.1, 0.15) is 0 Å². The van der Waals surface area contributed by atoms with Crippen LogP contribution in [0.2, 0.25) is 0 Å². The molecule has 0 bridgehead atoms. The normalized spacial score (nSPS) is 31.6. The maximum atomic E-state index is 11.6. The van der Waals surface area contributed by atoms with Crippen LogP contribution < -0.4 is 0 Å². The van der Waals surface area contributed by atoms with Gasteiger partial charge >= 0.3 is 5.97 Å². The Bertz CT molecular complexity index is 261. The van der Waals surface area contributed by atoms with Crippen LogP contribution in [0.4, 0.5) is 0 Å². The van der Waals surface area contributed by atoms with Crippen LogP contribution in [0.1, 0.15) is 39.0 Å². The second-order valence-electron chi connectivity index (χ2n) is 5.13. The lowest BCUT2D eigenvalue weighted by atomic mass is 9.95. The van der Waals surface area contributed by atoms with Gasteiger partial charge in [0.25, 0.3) is 0 Å². The van der Waals surface area contributed by atoms with Crippen molar-refractivity contribution in [2.75, 3.05) is 19.7 Å². The Kier molecular flexibility index (Phi) is 4.40. The van der Waals surface area contributed by atoms with Gasteiger partial charge in [0, 0.05) is 6.04 Å². The second kappa shape index (κ2) is 5.83. The summed E-state index contributed by atoms with van der Waals surface area (Å²) in [6.45, 7) is 4.17. The third-order valence-corrected chi connectivity index (χ3v) is 4.06. The van der Waals surface area contributed by atoms with E-state index >= 15 is 0 Å². The molecule has 98 valence electrons. The Morgan fingerprint density at radius 2 is 2.00 bits per heavy atom. The molecule has 2 atom stereocenters. The fourth-order valence-corrected chi connectivity index (χ4v) is 3.07. The number of ether oxygens (including phenoxy) is 1. The van der Waals surface area contributed by atoms with Crippen LogP contribution in [0.25, 0.3) is 0 Å². The maximum Gasteiger partial charge on any atom is 0.309 e. The van der Waals surface area contributed by atoms with Crippen molar-refractivity contribution in [3.8, 4) is 0 Å². The van der Waals surface area contributed by atoms with E-state index in [2.05, 4.69) is 4.90 Å². The summed E-state index contributed by atoms with van der Waals surface area (Å²) < 4.78 is 5.06. The summed E-state index contributed by atoms with van der Waals surface area (Å²) in [6, 6.07) is 0.332. The molecule has 4 heteroatoms. The highest BCUT2D eigenvalue weighted by Crippen LogP contribution is 2.28. The van der Waals surface area contributed by atoms with Gasteiger partial charge in [-0.1, -0.05) is 0 Å². The largest absolute Gasteiger partial charge is 0.466 e. The molecule has 0 aromatic heterocycles. The van der Waals surface area contributed by atoms with Gasteiger partial charge in [0.2, 0.25) is 0 Å². The first-order chi connectivity index (χ1) is 8.22. The molecule has 2 aliphatic rings. The number of esters is 1. The van der Waals surface area contributed by atoms with Gasteiger partial charge in [-0.05, 0) is 52.1 Å². The number of carbonyl (C=O) groups excluding carboxylic acids is 1. The lowest BCUT2D eigenvalue weighted by molar-refractivity contribution is -0.150. The van der Waals surface area contributed by atoms with Crippen LogP contribution in [-0.2, 0) is 9.53 Å². The van der Waals surface area contributed by atoms with Crippen LogP contribution in [0.15, 0.2) is 0 Å². The molecule has 1 aliphatic carbocycles. The number of carbonyl (C=O) groups is 1. The minimum absolute atomic E-state index is 0.0425. The zero-order valence-corrected chi connectivity index (χ0v) is 10.6. The zero-order chi connectivity index (χ0) is 12.3. The highest BCUT2D eigenvalue weighted by molar-refractivity contribution is 5.72. The Balaban J connectivity index is 1.79. The van der Waals surface area contributed by atoms with Gasteiger partial charge in [-0.2, -0.15) is 0 Å². The Morgan fingerprint density at radius 3 is 2.53 bits per heavy atom. The van der Waals surface area contributed by atoms with E-state index < -0.39 is 0 Å². The fraction of sp³-hybridized carbons (Fsp3) is 0.923. The molecule has 0 spiro atoms. The van der Waals surface area contributed by atoms with E-state index in [4.69, 9.17) is 4.74 Å². The Labute approximate surface area is 103 Å². The number of aliphatic hydroxyl groups excluding tert-OH is 1. The first-order valence-corrected chi connectivity index (χ1v) is 6.81. The summed E-state index contributed by atoms with van der Waals surface area (Å²) in [4.78, 5) is 14.0. The quantitative estimate of drug-likeness (QED) is 0.754. The van der Waals surface area contributed by atoms with E-state index in [1.54, 1.807) is 0 Å². The van der Waals surface area contributed by atoms with E-state index in [9.17, 15) is 9.90 Å². The van der Waals surface area contributed by atoms with E-state index in [0.717, 1.165) is 45.2 Å². The van der Waals surface area contributed by atoms with Gasteiger partial charge in [0.15, 0.2) is 0 Å². The first-order valence-electron chi connectivity index (χ1n) is 6.81. The van der Waals surface area contributed by atoms with Crippen molar-refractivity contribution in [2.24, 2.45) is 5.92 Å². The first kappa shape index (κ1) is 12.8. The predicted molar refractivity (Wildman–Crippen MR) is 64.6 cm³/mol. The molecule has 0 aromatic carbocycles. The monoisotopic (exact) mass is 241 g/mol. The van der Waals surface area contributed by atoms with Crippen LogP contribution in [0.5, 0.6) is 0 Å². The molecule has 1 saturated heterocycles. The van der Waals surface area contributed by atoms with Gasteiger partial charge < -0.3 is 9.84 Å². The number of rotatable bonds is 3. The van der Waals surface area contributed by atoms with Crippen molar-refractivity contribution in [1.29, 1.82) is 0 Å². The molecule has 2 rings (SSSR count). The third kappa shape index (κ3) is 2.99. The standard InChI is InChI=1S/C13H23NO3/c1-2-17-13(16)10-6-8-14(9-7-10)11-4-3-5-12(11)15/h10-12,15H,2-9H2,1H3/t11-,12-/m0/s1. The fourth-order valence-electron chi connectivity index (χ4n) is 3.07. The van der Waals surface area contributed by atoms with Gasteiger partial charge in [0.05, 0.1) is 18.6 Å². The van der Waals surface area contributed by atoms with Crippen molar-refractivity contribution < 1.29 is 14.6 Å². The van der Waals surface area contributed by atoms with Crippen LogP contribution >= 0.6 is 0 Å². The molecule has 0 aromatic rings. The lowest BCUT2D eigenvalue weighted by Crippen LogP contribution is -2.46. The molecule has 0 radical (unpaired) electrons. The Morgan fingerprint density at radius 1 is 1.29 bits per heavy atom. The van der Waals surface area contributed by atoms with Crippen molar-refractivity contribution in [1.82, 2.24) is 4.90 Å². The average Bonchev–Trinajstić information content (AvgIpc) is 2.76. The van der Waals surface area contributed by atoms with Crippen LogP contribution in [0.3, 0.4) is 0 Å². The molecule has 1 saturated carbocycles. The predicted octanol–water partition coefficient (Wildman–Crippen LogP) is 1.17. The molecular weight excluding hydrogens is 218 g/mol. The van der Waals surface area contributed by atoms with Gasteiger partial charge in [-0.3, -0.25) is 9.69 Å². The zero-order valence-electron chi connectivity index (χ0n) is 10.6. The highest BCUT2D eigenvalue weighted by atomic mass is 16.5. The molecule has 17 heavy (non-hydrogen) atoms. The van der Waals surface area contributed by atoms with Crippen molar-refractivity contribution in [2.45, 2.75) is 51.2 Å². The molecular formula is C13H23NO3. The summed E-state index contributed by atoms with van der Waals surface area (Å²) in [5, 5.41) is 9.87. The van der Waals surface area contributed by atoms with Gasteiger partial charge in [-0.25, -0.2) is 0 Å². The summed E-state index contributed by atoms with van der Waals surface area (Å²) >= 11 is 0. The highest BCUT2D eigenvalue weighted by Gasteiger charge is 2.34. The van der Waals surface area contributed by atoms with E-state index in [0.29, 0.717) is 12.6 Å². The molecule has 1 aliphatic heterocycles. The topological polar surface area (TPSA) is 49.8 Å². The van der Waals surface area contributed by atoms with Gasteiger partial charge in [-0.15, -0.1) is 0 Å². The minimum atomic E-state index is -0.158. The van der Waals surface area contributed by atoms with Crippen molar-refractivity contribution in [3.63, 3.8) is 0 Å². The summed E-state index contributed by atoms with van der Waals surface area (Å²) in [6.07, 6.45) is 4.76. The summed E-state index contributed by atoms with van der Waals surface area (Å²) in [5.41, 5.74) is 0. The summed E-state index contributed by atoms with van der Waals surface area (Å²) in [7, 11) is 0. The van der Waals surface area contributed by atoms with E-state index in [-0.39, 0.29) is 18.0 Å². The molecule has 1 N–H and O–H groups in total. The van der Waals surface area contributed by atoms with E-state index in [1.165, 1.54) is 0 Å². The third-order valence-electron chi connectivity index (χ3n) is 4.06. The molecule has 1 heterocycles. The molecule has 2 fully saturated rings. The number of hydrogen-bond acceptors (Lipinski definition) is 4. The lowest BCUT2D eigenvalue weighted by Gasteiger charge is -2.36. The number of piperidine rings is 1. The molecule has 0 unspecified atom stereocenters. The van der Waals surface area contributed by atoms with E-state index in [1.807, 2.05) is 6.92 Å². The van der Waals surface area contributed by atoms with Crippen molar-refractivity contribution in [3.05, 3.63) is 0 Å². The number of likely N-dealkylation sites (tertiary alicyclic amines) is 1.